The molecule has 0 bridgehead atoms. The molecule has 0 spiro atoms. The molecule has 0 fully saturated rings. The van der Waals surface area contributed by atoms with E-state index in [1.807, 2.05) is 60.7 Å². The molecule has 0 aliphatic rings. The number of nitrogens with zero attached hydrogens (tertiary/aromatic N) is 3. The maximum Gasteiger partial charge on any atom is 0.242 e. The Bertz CT molecular complexity index is 1350. The highest BCUT2D eigenvalue weighted by atomic mass is 35.5. The Morgan fingerprint density at radius 3 is 2.41 bits per heavy atom. The maximum absolute atomic E-state index is 12.3. The van der Waals surface area contributed by atoms with E-state index in [2.05, 4.69) is 37.7 Å². The Morgan fingerprint density at radius 2 is 1.66 bits per heavy atom. The SMILES string of the molecule is CNC(C)C(=O)Nc1ccc(-c2nnc(Cl)c3ccccc23)c(C#Cc2ccccc2)n1. The number of nitrogens with one attached hydrogen (secondary N) is 2. The van der Waals surface area contributed by atoms with Gasteiger partial charge in [0.05, 0.1) is 6.04 Å². The third kappa shape index (κ3) is 4.59. The zero-order chi connectivity index (χ0) is 22.5. The van der Waals surface area contributed by atoms with Crippen LogP contribution in [0.3, 0.4) is 0 Å². The number of pyridine rings is 1. The van der Waals surface area contributed by atoms with E-state index in [-0.39, 0.29) is 11.9 Å². The molecule has 0 aliphatic heterocycles. The van der Waals surface area contributed by atoms with Crippen LogP contribution in [0.25, 0.3) is 22.0 Å². The fourth-order valence-electron chi connectivity index (χ4n) is 3.10. The van der Waals surface area contributed by atoms with Crippen LogP contribution in [0.1, 0.15) is 18.2 Å². The van der Waals surface area contributed by atoms with Crippen molar-refractivity contribution >= 4 is 34.1 Å². The van der Waals surface area contributed by atoms with Gasteiger partial charge < -0.3 is 10.6 Å². The molecule has 2 aromatic carbocycles. The minimum atomic E-state index is -0.360. The van der Waals surface area contributed by atoms with Crippen molar-refractivity contribution in [3.05, 3.63) is 83.1 Å². The summed E-state index contributed by atoms with van der Waals surface area (Å²) in [4.78, 5) is 16.9. The molecule has 7 heteroatoms. The predicted octanol–water partition coefficient (Wildman–Crippen LogP) is 4.29. The predicted molar refractivity (Wildman–Crippen MR) is 127 cm³/mol. The van der Waals surface area contributed by atoms with E-state index in [1.165, 1.54) is 0 Å². The lowest BCUT2D eigenvalue weighted by molar-refractivity contribution is -0.117. The van der Waals surface area contributed by atoms with Crippen LogP contribution >= 0.6 is 11.6 Å². The summed E-state index contributed by atoms with van der Waals surface area (Å²) in [6, 6.07) is 20.5. The number of carbonyl (C=O) groups excluding carboxylic acids is 1. The van der Waals surface area contributed by atoms with E-state index >= 15 is 0 Å². The standard InChI is InChI=1S/C25H20ClN5O/c1-16(27-2)25(32)29-22-15-13-20(21(28-22)14-12-17-8-4-3-5-9-17)23-18-10-6-7-11-19(18)24(26)31-30-23/h3-11,13,15-16,27H,1-2H3,(H,28,29,32). The number of likely N-dealkylation sites (N-methyl/N-ethyl adjacent to an activating group) is 1. The molecule has 1 amide bonds. The first kappa shape index (κ1) is 21.4. The smallest absolute Gasteiger partial charge is 0.242 e. The van der Waals surface area contributed by atoms with Crippen molar-refractivity contribution in [2.75, 3.05) is 12.4 Å². The molecule has 4 rings (SSSR count). The fraction of sp³-hybridized carbons (Fsp3) is 0.120. The van der Waals surface area contributed by atoms with Crippen LogP contribution < -0.4 is 10.6 Å². The van der Waals surface area contributed by atoms with Crippen molar-refractivity contribution in [3.63, 3.8) is 0 Å². The van der Waals surface area contributed by atoms with E-state index in [0.29, 0.717) is 27.9 Å². The van der Waals surface area contributed by atoms with Crippen molar-refractivity contribution in [2.24, 2.45) is 0 Å². The lowest BCUT2D eigenvalue weighted by Crippen LogP contribution is -2.35. The maximum atomic E-state index is 12.3. The first-order valence-corrected chi connectivity index (χ1v) is 10.4. The zero-order valence-corrected chi connectivity index (χ0v) is 18.3. The average Bonchev–Trinajstić information content (AvgIpc) is 2.83. The largest absolute Gasteiger partial charge is 0.309 e. The van der Waals surface area contributed by atoms with Gasteiger partial charge in [0, 0.05) is 21.9 Å². The molecule has 0 saturated carbocycles. The molecule has 1 atom stereocenters. The summed E-state index contributed by atoms with van der Waals surface area (Å²) in [5.74, 6) is 6.49. The first-order chi connectivity index (χ1) is 15.6. The number of amides is 1. The van der Waals surface area contributed by atoms with E-state index in [4.69, 9.17) is 11.6 Å². The summed E-state index contributed by atoms with van der Waals surface area (Å²) in [7, 11) is 1.72. The second-order valence-corrected chi connectivity index (χ2v) is 7.45. The number of benzene rings is 2. The molecule has 1 unspecified atom stereocenters. The van der Waals surface area contributed by atoms with Crippen LogP contribution in [0.2, 0.25) is 5.15 Å². The Balaban J connectivity index is 1.85. The van der Waals surface area contributed by atoms with Gasteiger partial charge in [-0.1, -0.05) is 60.0 Å². The van der Waals surface area contributed by atoms with Crippen molar-refractivity contribution in [1.82, 2.24) is 20.5 Å². The molecule has 0 aliphatic carbocycles. The highest BCUT2D eigenvalue weighted by Gasteiger charge is 2.16. The molecule has 6 nitrogen and oxygen atoms in total. The molecule has 2 aromatic heterocycles. The summed E-state index contributed by atoms with van der Waals surface area (Å²) in [5.41, 5.74) is 2.65. The second-order valence-electron chi connectivity index (χ2n) is 7.09. The van der Waals surface area contributed by atoms with Crippen molar-refractivity contribution in [1.29, 1.82) is 0 Å². The fourth-order valence-corrected chi connectivity index (χ4v) is 3.31. The Labute approximate surface area is 191 Å². The summed E-state index contributed by atoms with van der Waals surface area (Å²) in [5, 5.41) is 16.1. The highest BCUT2D eigenvalue weighted by molar-refractivity contribution is 6.34. The number of halogens is 1. The summed E-state index contributed by atoms with van der Waals surface area (Å²) >= 11 is 6.25. The molecular formula is C25H20ClN5O. The second kappa shape index (κ2) is 9.56. The Hall–Kier alpha value is -3.79. The van der Waals surface area contributed by atoms with Crippen LogP contribution in [-0.4, -0.2) is 34.2 Å². The topological polar surface area (TPSA) is 79.8 Å². The van der Waals surface area contributed by atoms with E-state index < -0.39 is 0 Å². The molecule has 0 radical (unpaired) electrons. The van der Waals surface area contributed by atoms with Crippen LogP contribution in [0.5, 0.6) is 0 Å². The van der Waals surface area contributed by atoms with Crippen LogP contribution in [0, 0.1) is 11.8 Å². The van der Waals surface area contributed by atoms with Crippen LogP contribution in [-0.2, 0) is 4.79 Å². The van der Waals surface area contributed by atoms with Gasteiger partial charge >= 0.3 is 0 Å². The van der Waals surface area contributed by atoms with Crippen LogP contribution in [0.4, 0.5) is 5.82 Å². The molecular weight excluding hydrogens is 422 g/mol. The van der Waals surface area contributed by atoms with Gasteiger partial charge in [0.1, 0.15) is 17.2 Å². The van der Waals surface area contributed by atoms with Gasteiger partial charge in [0.15, 0.2) is 5.15 Å². The normalized spacial score (nSPS) is 11.5. The molecule has 2 heterocycles. The van der Waals surface area contributed by atoms with Gasteiger partial charge in [-0.2, -0.15) is 0 Å². The number of anilines is 1. The zero-order valence-electron chi connectivity index (χ0n) is 17.6. The van der Waals surface area contributed by atoms with Crippen molar-refractivity contribution in [2.45, 2.75) is 13.0 Å². The number of rotatable bonds is 4. The highest BCUT2D eigenvalue weighted by Crippen LogP contribution is 2.31. The first-order valence-electron chi connectivity index (χ1n) is 10.0. The van der Waals surface area contributed by atoms with Gasteiger partial charge in [0.2, 0.25) is 5.91 Å². The monoisotopic (exact) mass is 441 g/mol. The van der Waals surface area contributed by atoms with Gasteiger partial charge in [-0.25, -0.2) is 4.98 Å². The minimum absolute atomic E-state index is 0.188. The minimum Gasteiger partial charge on any atom is -0.309 e. The molecule has 4 aromatic rings. The number of carbonyl (C=O) groups is 1. The number of aromatic nitrogens is 3. The number of hydrogen-bond donors (Lipinski definition) is 2. The van der Waals surface area contributed by atoms with Crippen molar-refractivity contribution in [3.8, 4) is 23.1 Å². The molecule has 32 heavy (non-hydrogen) atoms. The Morgan fingerprint density at radius 1 is 0.938 bits per heavy atom. The summed E-state index contributed by atoms with van der Waals surface area (Å²) in [6.45, 7) is 1.77. The third-order valence-corrected chi connectivity index (χ3v) is 5.25. The van der Waals surface area contributed by atoms with Crippen molar-refractivity contribution < 1.29 is 4.79 Å². The quantitative estimate of drug-likeness (QED) is 0.462. The average molecular weight is 442 g/mol. The summed E-state index contributed by atoms with van der Waals surface area (Å²) < 4.78 is 0. The molecule has 2 N–H and O–H groups in total. The van der Waals surface area contributed by atoms with Gasteiger partial charge in [-0.15, -0.1) is 10.2 Å². The van der Waals surface area contributed by atoms with E-state index in [0.717, 1.165) is 16.3 Å². The van der Waals surface area contributed by atoms with Gasteiger partial charge in [0.25, 0.3) is 0 Å². The van der Waals surface area contributed by atoms with Gasteiger partial charge in [-0.3, -0.25) is 4.79 Å². The Kier molecular flexibility index (Phi) is 6.41. The van der Waals surface area contributed by atoms with Gasteiger partial charge in [-0.05, 0) is 44.2 Å². The lowest BCUT2D eigenvalue weighted by atomic mass is 10.0. The molecule has 158 valence electrons. The van der Waals surface area contributed by atoms with E-state index in [9.17, 15) is 4.79 Å². The molecule has 0 saturated heterocycles. The lowest BCUT2D eigenvalue weighted by Gasteiger charge is -2.12. The number of hydrogen-bond acceptors (Lipinski definition) is 5. The van der Waals surface area contributed by atoms with Crippen LogP contribution in [0.15, 0.2) is 66.7 Å². The summed E-state index contributed by atoms with van der Waals surface area (Å²) in [6.07, 6.45) is 0. The van der Waals surface area contributed by atoms with E-state index in [1.54, 1.807) is 20.0 Å². The third-order valence-electron chi connectivity index (χ3n) is 4.97. The number of fused-ring (bicyclic) bond motifs is 1.